The first-order chi connectivity index (χ1) is 10.5. The van der Waals surface area contributed by atoms with Gasteiger partial charge < -0.3 is 4.74 Å². The van der Waals surface area contributed by atoms with E-state index in [1.165, 1.54) is 11.4 Å². The summed E-state index contributed by atoms with van der Waals surface area (Å²) in [5.41, 5.74) is 2.11. The summed E-state index contributed by atoms with van der Waals surface area (Å²) in [6, 6.07) is 7.11. The lowest BCUT2D eigenvalue weighted by atomic mass is 9.98. The molecule has 1 aromatic carbocycles. The summed E-state index contributed by atoms with van der Waals surface area (Å²) in [6.45, 7) is 0.376. The molecule has 22 heavy (non-hydrogen) atoms. The van der Waals surface area contributed by atoms with Crippen molar-refractivity contribution < 1.29 is 17.9 Å². The highest BCUT2D eigenvalue weighted by Crippen LogP contribution is 2.32. The topological polar surface area (TPSA) is 63.7 Å². The molecule has 1 fully saturated rings. The number of aryl methyl sites for hydroxylation is 1. The van der Waals surface area contributed by atoms with Gasteiger partial charge in [-0.3, -0.25) is 4.79 Å². The highest BCUT2D eigenvalue weighted by molar-refractivity contribution is 7.93. The van der Waals surface area contributed by atoms with Crippen molar-refractivity contribution in [3.05, 3.63) is 40.3 Å². The van der Waals surface area contributed by atoms with Crippen molar-refractivity contribution in [2.75, 3.05) is 13.7 Å². The largest absolute Gasteiger partial charge is 0.468 e. The molecule has 0 N–H and O–H groups in total. The Hall–Kier alpha value is -1.66. The zero-order valence-corrected chi connectivity index (χ0v) is 13.3. The Kier molecular flexibility index (Phi) is 4.06. The zero-order chi connectivity index (χ0) is 15.7. The molecule has 0 bridgehead atoms. The van der Waals surface area contributed by atoms with E-state index in [2.05, 4.69) is 0 Å². The Morgan fingerprint density at radius 3 is 2.82 bits per heavy atom. The summed E-state index contributed by atoms with van der Waals surface area (Å²) < 4.78 is 31.8. The van der Waals surface area contributed by atoms with E-state index in [-0.39, 0.29) is 0 Å². The smallest absolute Gasteiger partial charge is 0.324 e. The van der Waals surface area contributed by atoms with E-state index in [9.17, 15) is 13.2 Å². The van der Waals surface area contributed by atoms with Gasteiger partial charge >= 0.3 is 5.97 Å². The first-order valence-electron chi connectivity index (χ1n) is 7.42. The average Bonchev–Trinajstić information content (AvgIpc) is 3.04. The van der Waals surface area contributed by atoms with E-state index in [0.29, 0.717) is 37.1 Å². The molecule has 0 amide bonds. The number of benzene rings is 1. The number of hydrogen-bond donors (Lipinski definition) is 0. The molecule has 1 saturated heterocycles. The summed E-state index contributed by atoms with van der Waals surface area (Å²) in [7, 11) is -2.32. The minimum Gasteiger partial charge on any atom is -0.468 e. The second-order valence-electron chi connectivity index (χ2n) is 5.61. The number of sulfonamides is 1. The maximum atomic E-state index is 12.9. The standard InChI is InChI=1S/C16H19NO4S/c1-21-16(18)15-7-4-10-17(15)22(19,20)14-9-8-12-5-2-3-6-13(12)11-14/h2-3,5-6,11,15H,4,7-10H2,1H3/t15-/m1/s1. The fourth-order valence-electron chi connectivity index (χ4n) is 3.16. The van der Waals surface area contributed by atoms with E-state index >= 15 is 0 Å². The summed E-state index contributed by atoms with van der Waals surface area (Å²) in [6.07, 6.45) is 4.13. The fourth-order valence-corrected chi connectivity index (χ4v) is 4.99. The Balaban J connectivity index is 1.94. The van der Waals surface area contributed by atoms with E-state index in [0.717, 1.165) is 11.1 Å². The third kappa shape index (κ3) is 2.57. The fraction of sp³-hybridized carbons (Fsp3) is 0.438. The van der Waals surface area contributed by atoms with Crippen LogP contribution in [-0.4, -0.2) is 38.4 Å². The monoisotopic (exact) mass is 321 g/mol. The molecule has 1 atom stereocenters. The van der Waals surface area contributed by atoms with Crippen molar-refractivity contribution in [1.82, 2.24) is 4.31 Å². The lowest BCUT2D eigenvalue weighted by Gasteiger charge is -2.25. The number of rotatable bonds is 3. The van der Waals surface area contributed by atoms with Crippen LogP contribution in [0.2, 0.25) is 0 Å². The first kappa shape index (κ1) is 15.2. The number of ether oxygens (including phenoxy) is 1. The number of carbonyl (C=O) groups is 1. The molecule has 1 aromatic rings. The second-order valence-corrected chi connectivity index (χ2v) is 7.55. The van der Waals surface area contributed by atoms with Crippen LogP contribution in [0.1, 0.15) is 30.4 Å². The van der Waals surface area contributed by atoms with Gasteiger partial charge in [-0.25, -0.2) is 8.42 Å². The van der Waals surface area contributed by atoms with Gasteiger partial charge in [0.1, 0.15) is 6.04 Å². The van der Waals surface area contributed by atoms with Crippen LogP contribution in [-0.2, 0) is 26.0 Å². The molecule has 1 heterocycles. The summed E-state index contributed by atoms with van der Waals surface area (Å²) in [4.78, 5) is 12.2. The molecule has 1 aliphatic carbocycles. The highest BCUT2D eigenvalue weighted by atomic mass is 32.2. The van der Waals surface area contributed by atoms with Crippen molar-refractivity contribution in [3.8, 4) is 0 Å². The van der Waals surface area contributed by atoms with Gasteiger partial charge in [0.25, 0.3) is 0 Å². The average molecular weight is 321 g/mol. The Labute approximate surface area is 130 Å². The zero-order valence-electron chi connectivity index (χ0n) is 12.5. The van der Waals surface area contributed by atoms with E-state index in [4.69, 9.17) is 4.74 Å². The lowest BCUT2D eigenvalue weighted by Crippen LogP contribution is -2.41. The number of fused-ring (bicyclic) bond motifs is 1. The van der Waals surface area contributed by atoms with E-state index in [1.54, 1.807) is 6.08 Å². The van der Waals surface area contributed by atoms with Crippen LogP contribution in [0.4, 0.5) is 0 Å². The molecule has 0 aromatic heterocycles. The van der Waals surface area contributed by atoms with Crippen LogP contribution in [0.15, 0.2) is 29.2 Å². The van der Waals surface area contributed by atoms with Gasteiger partial charge in [0.2, 0.25) is 10.0 Å². The van der Waals surface area contributed by atoms with Crippen molar-refractivity contribution in [3.63, 3.8) is 0 Å². The molecule has 5 nitrogen and oxygen atoms in total. The molecule has 0 unspecified atom stereocenters. The first-order valence-corrected chi connectivity index (χ1v) is 8.86. The maximum Gasteiger partial charge on any atom is 0.324 e. The lowest BCUT2D eigenvalue weighted by molar-refractivity contribution is -0.144. The van der Waals surface area contributed by atoms with Gasteiger partial charge in [-0.2, -0.15) is 4.31 Å². The van der Waals surface area contributed by atoms with Gasteiger partial charge in [0.05, 0.1) is 12.0 Å². The number of hydrogen-bond acceptors (Lipinski definition) is 4. The SMILES string of the molecule is COC(=O)[C@H]1CCCN1S(=O)(=O)C1=Cc2ccccc2CC1. The van der Waals surface area contributed by atoms with Crippen LogP contribution in [0.3, 0.4) is 0 Å². The summed E-state index contributed by atoms with van der Waals surface area (Å²) in [5.74, 6) is -0.474. The molecule has 0 saturated carbocycles. The third-order valence-corrected chi connectivity index (χ3v) is 6.37. The Morgan fingerprint density at radius 2 is 2.05 bits per heavy atom. The predicted octanol–water partition coefficient (Wildman–Crippen LogP) is 1.94. The van der Waals surface area contributed by atoms with Gasteiger partial charge in [-0.1, -0.05) is 24.3 Å². The molecule has 6 heteroatoms. The molecule has 0 radical (unpaired) electrons. The van der Waals surface area contributed by atoms with Gasteiger partial charge in [-0.05, 0) is 42.9 Å². The summed E-state index contributed by atoms with van der Waals surface area (Å²) in [5, 5.41) is 0. The van der Waals surface area contributed by atoms with Crippen LogP contribution < -0.4 is 0 Å². The van der Waals surface area contributed by atoms with Crippen molar-refractivity contribution >= 4 is 22.1 Å². The number of allylic oxidation sites excluding steroid dienone is 1. The number of carbonyl (C=O) groups excluding carboxylic acids is 1. The van der Waals surface area contributed by atoms with Crippen molar-refractivity contribution in [2.45, 2.75) is 31.7 Å². The number of methoxy groups -OCH3 is 1. The van der Waals surface area contributed by atoms with Crippen LogP contribution in [0.25, 0.3) is 6.08 Å². The predicted molar refractivity (Wildman–Crippen MR) is 83.4 cm³/mol. The maximum absolute atomic E-state index is 12.9. The molecule has 118 valence electrons. The van der Waals surface area contributed by atoms with Gasteiger partial charge in [0, 0.05) is 6.54 Å². The highest BCUT2D eigenvalue weighted by Gasteiger charge is 2.41. The number of nitrogens with zero attached hydrogens (tertiary/aromatic N) is 1. The molecular formula is C16H19NO4S. The Morgan fingerprint density at radius 1 is 1.27 bits per heavy atom. The van der Waals surface area contributed by atoms with Crippen LogP contribution in [0, 0.1) is 0 Å². The normalized spacial score (nSPS) is 22.0. The minimum absolute atomic E-state index is 0.376. The quantitative estimate of drug-likeness (QED) is 0.798. The molecule has 2 aliphatic rings. The molecule has 1 aliphatic heterocycles. The minimum atomic E-state index is -3.62. The van der Waals surface area contributed by atoms with Crippen molar-refractivity contribution in [2.24, 2.45) is 0 Å². The van der Waals surface area contributed by atoms with Crippen LogP contribution in [0.5, 0.6) is 0 Å². The molecule has 3 rings (SSSR count). The Bertz CT molecular complexity index is 723. The van der Waals surface area contributed by atoms with Crippen molar-refractivity contribution in [1.29, 1.82) is 0 Å². The van der Waals surface area contributed by atoms with E-state index < -0.39 is 22.0 Å². The van der Waals surface area contributed by atoms with E-state index in [1.807, 2.05) is 24.3 Å². The molecule has 0 spiro atoms. The number of esters is 1. The summed E-state index contributed by atoms with van der Waals surface area (Å²) >= 11 is 0. The molecular weight excluding hydrogens is 302 g/mol. The third-order valence-electron chi connectivity index (χ3n) is 4.33. The van der Waals surface area contributed by atoms with Gasteiger partial charge in [-0.15, -0.1) is 0 Å². The van der Waals surface area contributed by atoms with Gasteiger partial charge in [0.15, 0.2) is 0 Å². The second kappa shape index (κ2) is 5.85. The van der Waals surface area contributed by atoms with Crippen LogP contribution >= 0.6 is 0 Å².